The number of nitrogens with one attached hydrogen (secondary N) is 1. The maximum atomic E-state index is 3.76. The first-order valence-electron chi connectivity index (χ1n) is 8.90. The van der Waals surface area contributed by atoms with Crippen molar-refractivity contribution >= 4 is 0 Å². The van der Waals surface area contributed by atoms with Crippen LogP contribution >= 0.6 is 0 Å². The van der Waals surface area contributed by atoms with Gasteiger partial charge in [0.1, 0.15) is 0 Å². The van der Waals surface area contributed by atoms with Crippen LogP contribution in [0.4, 0.5) is 0 Å². The van der Waals surface area contributed by atoms with Gasteiger partial charge in [0, 0.05) is 24.7 Å². The lowest BCUT2D eigenvalue weighted by molar-refractivity contribution is 0.141. The molecule has 2 atom stereocenters. The molecule has 2 heterocycles. The first-order valence-corrected chi connectivity index (χ1v) is 8.90. The monoisotopic (exact) mass is 284 g/mol. The van der Waals surface area contributed by atoms with E-state index in [1.54, 1.807) is 5.56 Å². The second-order valence-corrected chi connectivity index (χ2v) is 7.34. The van der Waals surface area contributed by atoms with E-state index in [2.05, 4.69) is 41.4 Å². The van der Waals surface area contributed by atoms with E-state index in [1.807, 2.05) is 0 Å². The molecular formula is C19H28N2. The number of hydrogen-bond acceptors (Lipinski definition) is 2. The Morgan fingerprint density at radius 3 is 2.24 bits per heavy atom. The average molecular weight is 284 g/mol. The van der Waals surface area contributed by atoms with E-state index < -0.39 is 0 Å². The lowest BCUT2D eigenvalue weighted by Crippen LogP contribution is -2.47. The summed E-state index contributed by atoms with van der Waals surface area (Å²) < 4.78 is 0. The lowest BCUT2D eigenvalue weighted by atomic mass is 9.97. The number of hydrogen-bond donors (Lipinski definition) is 1. The molecule has 114 valence electrons. The molecule has 0 radical (unpaired) electrons. The quantitative estimate of drug-likeness (QED) is 0.887. The van der Waals surface area contributed by atoms with Crippen molar-refractivity contribution in [2.75, 3.05) is 6.54 Å². The number of fused-ring (bicyclic) bond motifs is 2. The molecule has 4 rings (SSSR count). The molecule has 2 bridgehead atoms. The molecular weight excluding hydrogens is 256 g/mol. The van der Waals surface area contributed by atoms with Gasteiger partial charge in [-0.05, 0) is 62.1 Å². The molecule has 3 fully saturated rings. The van der Waals surface area contributed by atoms with Gasteiger partial charge in [0.15, 0.2) is 0 Å². The Kier molecular flexibility index (Phi) is 3.76. The van der Waals surface area contributed by atoms with Crippen LogP contribution in [-0.2, 0) is 6.54 Å². The summed E-state index contributed by atoms with van der Waals surface area (Å²) in [6, 6.07) is 11.8. The topological polar surface area (TPSA) is 15.3 Å². The van der Waals surface area contributed by atoms with Gasteiger partial charge in [-0.1, -0.05) is 31.2 Å². The SMILES string of the molecule is CCN(Cc1ccc(C2CC2)cc1)C1CC2CCC(C1)N2. The molecule has 1 aromatic carbocycles. The fraction of sp³-hybridized carbons (Fsp3) is 0.684. The third kappa shape index (κ3) is 3.02. The second kappa shape index (κ2) is 5.73. The van der Waals surface area contributed by atoms with E-state index in [0.29, 0.717) is 0 Å². The van der Waals surface area contributed by atoms with Crippen LogP contribution in [0.5, 0.6) is 0 Å². The molecule has 2 saturated heterocycles. The van der Waals surface area contributed by atoms with Crippen molar-refractivity contribution in [3.05, 3.63) is 35.4 Å². The standard InChI is InChI=1S/C19H28N2/c1-2-21(19-11-17-9-10-18(12-19)20-17)13-14-3-5-15(6-4-14)16-7-8-16/h3-6,16-20H,2,7-13H2,1H3. The third-order valence-electron chi connectivity index (χ3n) is 5.78. The van der Waals surface area contributed by atoms with Gasteiger partial charge in [-0.15, -0.1) is 0 Å². The van der Waals surface area contributed by atoms with Crippen molar-refractivity contribution in [3.8, 4) is 0 Å². The van der Waals surface area contributed by atoms with E-state index in [0.717, 1.165) is 30.6 Å². The molecule has 1 saturated carbocycles. The Morgan fingerprint density at radius 2 is 1.67 bits per heavy atom. The molecule has 0 aromatic heterocycles. The van der Waals surface area contributed by atoms with Crippen LogP contribution < -0.4 is 5.32 Å². The van der Waals surface area contributed by atoms with Crippen molar-refractivity contribution in [2.24, 2.45) is 0 Å². The zero-order valence-electron chi connectivity index (χ0n) is 13.2. The van der Waals surface area contributed by atoms with E-state index in [-0.39, 0.29) is 0 Å². The predicted octanol–water partition coefficient (Wildman–Crippen LogP) is 3.67. The fourth-order valence-electron chi connectivity index (χ4n) is 4.37. The molecule has 2 unspecified atom stereocenters. The van der Waals surface area contributed by atoms with Crippen molar-refractivity contribution in [3.63, 3.8) is 0 Å². The van der Waals surface area contributed by atoms with Gasteiger partial charge in [-0.2, -0.15) is 0 Å². The highest BCUT2D eigenvalue weighted by Crippen LogP contribution is 2.40. The summed E-state index contributed by atoms with van der Waals surface area (Å²) >= 11 is 0. The van der Waals surface area contributed by atoms with Gasteiger partial charge in [0.2, 0.25) is 0 Å². The normalized spacial score (nSPS) is 31.8. The molecule has 1 N–H and O–H groups in total. The van der Waals surface area contributed by atoms with Gasteiger partial charge < -0.3 is 5.32 Å². The van der Waals surface area contributed by atoms with Gasteiger partial charge in [0.05, 0.1) is 0 Å². The molecule has 0 spiro atoms. The summed E-state index contributed by atoms with van der Waals surface area (Å²) in [5, 5.41) is 3.76. The van der Waals surface area contributed by atoms with Crippen LogP contribution in [0.15, 0.2) is 24.3 Å². The second-order valence-electron chi connectivity index (χ2n) is 7.34. The zero-order valence-corrected chi connectivity index (χ0v) is 13.2. The van der Waals surface area contributed by atoms with E-state index in [4.69, 9.17) is 0 Å². The molecule has 21 heavy (non-hydrogen) atoms. The minimum absolute atomic E-state index is 0.789. The molecule has 2 aliphatic heterocycles. The van der Waals surface area contributed by atoms with Crippen LogP contribution in [-0.4, -0.2) is 29.6 Å². The van der Waals surface area contributed by atoms with Gasteiger partial charge in [-0.3, -0.25) is 4.90 Å². The van der Waals surface area contributed by atoms with Gasteiger partial charge in [-0.25, -0.2) is 0 Å². The summed E-state index contributed by atoms with van der Waals surface area (Å²) in [5.41, 5.74) is 3.05. The molecule has 1 aromatic rings. The van der Waals surface area contributed by atoms with Crippen LogP contribution in [0.3, 0.4) is 0 Å². The number of benzene rings is 1. The minimum Gasteiger partial charge on any atom is -0.311 e. The Bertz CT molecular complexity index is 465. The summed E-state index contributed by atoms with van der Waals surface area (Å²) in [7, 11) is 0. The Morgan fingerprint density at radius 1 is 1.00 bits per heavy atom. The highest BCUT2D eigenvalue weighted by Gasteiger charge is 2.35. The van der Waals surface area contributed by atoms with Crippen molar-refractivity contribution in [1.82, 2.24) is 10.2 Å². The van der Waals surface area contributed by atoms with E-state index in [9.17, 15) is 0 Å². The molecule has 2 heteroatoms. The highest BCUT2D eigenvalue weighted by atomic mass is 15.2. The average Bonchev–Trinajstić information content (AvgIpc) is 3.31. The van der Waals surface area contributed by atoms with Crippen LogP contribution in [0.2, 0.25) is 0 Å². The maximum absolute atomic E-state index is 3.76. The number of rotatable bonds is 5. The smallest absolute Gasteiger partial charge is 0.0236 e. The van der Waals surface area contributed by atoms with Gasteiger partial charge >= 0.3 is 0 Å². The Labute approximate surface area is 128 Å². The van der Waals surface area contributed by atoms with Crippen LogP contribution in [0, 0.1) is 0 Å². The van der Waals surface area contributed by atoms with Crippen LogP contribution in [0.25, 0.3) is 0 Å². The predicted molar refractivity (Wildman–Crippen MR) is 87.5 cm³/mol. The minimum atomic E-state index is 0.789. The van der Waals surface area contributed by atoms with Crippen molar-refractivity contribution in [2.45, 2.75) is 76.0 Å². The largest absolute Gasteiger partial charge is 0.311 e. The summed E-state index contributed by atoms with van der Waals surface area (Å²) in [4.78, 5) is 2.71. The zero-order chi connectivity index (χ0) is 14.2. The van der Waals surface area contributed by atoms with Crippen molar-refractivity contribution in [1.29, 1.82) is 0 Å². The molecule has 0 amide bonds. The van der Waals surface area contributed by atoms with Crippen molar-refractivity contribution < 1.29 is 0 Å². The summed E-state index contributed by atoms with van der Waals surface area (Å²) in [6.45, 7) is 4.63. The van der Waals surface area contributed by atoms with Gasteiger partial charge in [0.25, 0.3) is 0 Å². The Balaban J connectivity index is 1.41. The molecule has 2 nitrogen and oxygen atoms in total. The number of piperidine rings is 1. The maximum Gasteiger partial charge on any atom is 0.0236 e. The Hall–Kier alpha value is -0.860. The van der Waals surface area contributed by atoms with Crippen LogP contribution in [0.1, 0.15) is 62.5 Å². The molecule has 1 aliphatic carbocycles. The molecule has 3 aliphatic rings. The van der Waals surface area contributed by atoms with E-state index in [1.165, 1.54) is 50.6 Å². The highest BCUT2D eigenvalue weighted by molar-refractivity contribution is 5.28. The lowest BCUT2D eigenvalue weighted by Gasteiger charge is -2.37. The fourth-order valence-corrected chi connectivity index (χ4v) is 4.37. The number of nitrogens with zero attached hydrogens (tertiary/aromatic N) is 1. The summed E-state index contributed by atoms with van der Waals surface area (Å²) in [6.07, 6.45) is 8.30. The summed E-state index contributed by atoms with van der Waals surface area (Å²) in [5.74, 6) is 0.876. The van der Waals surface area contributed by atoms with E-state index >= 15 is 0 Å². The third-order valence-corrected chi connectivity index (χ3v) is 5.78. The first kappa shape index (κ1) is 13.8. The first-order chi connectivity index (χ1) is 10.3.